The molecule has 5 nitrogen and oxygen atoms in total. The molecule has 8 heteroatoms. The van der Waals surface area contributed by atoms with Crippen LogP contribution in [0.4, 0.5) is 24.9 Å². The van der Waals surface area contributed by atoms with Gasteiger partial charge in [0.25, 0.3) is 0 Å². The van der Waals surface area contributed by atoms with E-state index in [1.165, 1.54) is 0 Å². The molecule has 18 heavy (non-hydrogen) atoms. The second-order valence-corrected chi connectivity index (χ2v) is 4.09. The van der Waals surface area contributed by atoms with Crippen molar-refractivity contribution in [3.8, 4) is 0 Å². The van der Waals surface area contributed by atoms with Crippen molar-refractivity contribution >= 4 is 11.8 Å². The molecular formula is C10H13F3N4O. The molecule has 2 rings (SSSR count). The summed E-state index contributed by atoms with van der Waals surface area (Å²) in [6.07, 6.45) is -4.58. The van der Waals surface area contributed by atoms with Crippen molar-refractivity contribution in [1.29, 1.82) is 0 Å². The zero-order valence-electron chi connectivity index (χ0n) is 9.74. The molecule has 0 aliphatic carbocycles. The fourth-order valence-electron chi connectivity index (χ4n) is 1.79. The van der Waals surface area contributed by atoms with Crippen LogP contribution in [0.15, 0.2) is 6.07 Å². The molecule has 1 aliphatic rings. The van der Waals surface area contributed by atoms with E-state index in [2.05, 4.69) is 9.97 Å². The highest BCUT2D eigenvalue weighted by Crippen LogP contribution is 2.30. The summed E-state index contributed by atoms with van der Waals surface area (Å²) in [4.78, 5) is 8.75. The Balaban J connectivity index is 2.30. The average molecular weight is 262 g/mol. The van der Waals surface area contributed by atoms with Crippen LogP contribution in [-0.2, 0) is 10.9 Å². The second-order valence-electron chi connectivity index (χ2n) is 4.09. The van der Waals surface area contributed by atoms with Gasteiger partial charge in [-0.05, 0) is 6.92 Å². The minimum atomic E-state index is -4.52. The van der Waals surface area contributed by atoms with Crippen LogP contribution in [-0.4, -0.2) is 35.8 Å². The second kappa shape index (κ2) is 4.60. The van der Waals surface area contributed by atoms with Crippen LogP contribution in [0.3, 0.4) is 0 Å². The average Bonchev–Trinajstić information content (AvgIpc) is 2.27. The van der Waals surface area contributed by atoms with Crippen molar-refractivity contribution < 1.29 is 17.9 Å². The van der Waals surface area contributed by atoms with E-state index in [-0.39, 0.29) is 17.9 Å². The van der Waals surface area contributed by atoms with Crippen LogP contribution in [0.25, 0.3) is 0 Å². The molecule has 0 amide bonds. The molecule has 1 aromatic heterocycles. The molecule has 0 spiro atoms. The summed E-state index contributed by atoms with van der Waals surface area (Å²) >= 11 is 0. The highest BCUT2D eigenvalue weighted by Gasteiger charge is 2.34. The van der Waals surface area contributed by atoms with Gasteiger partial charge in [0, 0.05) is 19.2 Å². The summed E-state index contributed by atoms with van der Waals surface area (Å²) in [5, 5.41) is 0. The van der Waals surface area contributed by atoms with Crippen LogP contribution in [0.2, 0.25) is 0 Å². The number of aromatic nitrogens is 2. The Bertz CT molecular complexity index is 438. The Kier molecular flexibility index (Phi) is 3.29. The van der Waals surface area contributed by atoms with Gasteiger partial charge < -0.3 is 15.4 Å². The van der Waals surface area contributed by atoms with Gasteiger partial charge in [-0.2, -0.15) is 18.2 Å². The molecule has 2 heterocycles. The third kappa shape index (κ3) is 2.81. The molecule has 0 bridgehead atoms. The standard InChI is InChI=1S/C10H13F3N4O/c1-6-5-17(2-3-18-6)8-4-7(10(11,12)13)15-9(14)16-8/h4,6H,2-3,5H2,1H3,(H2,14,15,16). The maximum absolute atomic E-state index is 12.6. The van der Waals surface area contributed by atoms with Crippen molar-refractivity contribution in [2.24, 2.45) is 0 Å². The summed E-state index contributed by atoms with van der Waals surface area (Å²) in [6.45, 7) is 3.26. The first-order valence-corrected chi connectivity index (χ1v) is 5.44. The van der Waals surface area contributed by atoms with Crippen LogP contribution < -0.4 is 10.6 Å². The quantitative estimate of drug-likeness (QED) is 0.826. The number of hydrogen-bond donors (Lipinski definition) is 1. The molecule has 1 aliphatic heterocycles. The molecule has 1 aromatic rings. The third-order valence-corrected chi connectivity index (χ3v) is 2.59. The van der Waals surface area contributed by atoms with Crippen molar-refractivity contribution in [3.05, 3.63) is 11.8 Å². The molecular weight excluding hydrogens is 249 g/mol. The third-order valence-electron chi connectivity index (χ3n) is 2.59. The first kappa shape index (κ1) is 12.9. The molecule has 1 atom stereocenters. The molecule has 1 unspecified atom stereocenters. The van der Waals surface area contributed by atoms with Crippen molar-refractivity contribution in [1.82, 2.24) is 9.97 Å². The lowest BCUT2D eigenvalue weighted by Crippen LogP contribution is -2.41. The maximum atomic E-state index is 12.6. The number of nitrogen functional groups attached to an aromatic ring is 1. The fourth-order valence-corrected chi connectivity index (χ4v) is 1.79. The Hall–Kier alpha value is -1.57. The van der Waals surface area contributed by atoms with Gasteiger partial charge >= 0.3 is 6.18 Å². The topological polar surface area (TPSA) is 64.3 Å². The summed E-state index contributed by atoms with van der Waals surface area (Å²) in [5.41, 5.74) is 4.29. The zero-order valence-corrected chi connectivity index (χ0v) is 9.74. The number of hydrogen-bond acceptors (Lipinski definition) is 5. The number of nitrogens with two attached hydrogens (primary N) is 1. The van der Waals surface area contributed by atoms with Crippen LogP contribution in [0.5, 0.6) is 0 Å². The van der Waals surface area contributed by atoms with Gasteiger partial charge in [0.1, 0.15) is 5.82 Å². The first-order valence-electron chi connectivity index (χ1n) is 5.44. The molecule has 0 aromatic carbocycles. The number of halogens is 3. The Morgan fingerprint density at radius 1 is 1.44 bits per heavy atom. The van der Waals surface area contributed by atoms with Crippen molar-refractivity contribution in [2.45, 2.75) is 19.2 Å². The van der Waals surface area contributed by atoms with Gasteiger partial charge in [-0.15, -0.1) is 0 Å². The van der Waals surface area contributed by atoms with Crippen LogP contribution in [0, 0.1) is 0 Å². The lowest BCUT2D eigenvalue weighted by Gasteiger charge is -2.32. The number of rotatable bonds is 1. The van der Waals surface area contributed by atoms with Gasteiger partial charge in [0.15, 0.2) is 5.69 Å². The van der Waals surface area contributed by atoms with E-state index in [0.29, 0.717) is 19.7 Å². The Labute approximate surface area is 102 Å². The number of ether oxygens (including phenoxy) is 1. The van der Waals surface area contributed by atoms with E-state index in [4.69, 9.17) is 10.5 Å². The highest BCUT2D eigenvalue weighted by molar-refractivity contribution is 5.44. The maximum Gasteiger partial charge on any atom is 0.433 e. The van der Waals surface area contributed by atoms with Crippen molar-refractivity contribution in [3.63, 3.8) is 0 Å². The van der Waals surface area contributed by atoms with Gasteiger partial charge in [-0.1, -0.05) is 0 Å². The van der Waals surface area contributed by atoms with E-state index in [9.17, 15) is 13.2 Å². The zero-order chi connectivity index (χ0) is 13.3. The molecule has 1 fully saturated rings. The van der Waals surface area contributed by atoms with Gasteiger partial charge in [0.05, 0.1) is 12.7 Å². The Morgan fingerprint density at radius 2 is 2.17 bits per heavy atom. The molecule has 100 valence electrons. The van der Waals surface area contributed by atoms with Gasteiger partial charge in [-0.3, -0.25) is 0 Å². The van der Waals surface area contributed by atoms with E-state index in [1.54, 1.807) is 4.90 Å². The fraction of sp³-hybridized carbons (Fsp3) is 0.600. The predicted octanol–water partition coefficient (Wildman–Crippen LogP) is 1.30. The molecule has 2 N–H and O–H groups in total. The van der Waals surface area contributed by atoms with E-state index < -0.39 is 11.9 Å². The van der Waals surface area contributed by atoms with Gasteiger partial charge in [0.2, 0.25) is 5.95 Å². The number of nitrogens with zero attached hydrogens (tertiary/aromatic N) is 3. The largest absolute Gasteiger partial charge is 0.433 e. The Morgan fingerprint density at radius 3 is 2.78 bits per heavy atom. The summed E-state index contributed by atoms with van der Waals surface area (Å²) in [7, 11) is 0. The lowest BCUT2D eigenvalue weighted by molar-refractivity contribution is -0.141. The van der Waals surface area contributed by atoms with Crippen molar-refractivity contribution in [2.75, 3.05) is 30.3 Å². The molecule has 0 saturated carbocycles. The predicted molar refractivity (Wildman–Crippen MR) is 59.1 cm³/mol. The molecule has 1 saturated heterocycles. The number of morpholine rings is 1. The number of anilines is 2. The minimum absolute atomic E-state index is 0.0516. The summed E-state index contributed by atoms with van der Waals surface area (Å²) in [5.74, 6) is -0.191. The smallest absolute Gasteiger partial charge is 0.375 e. The first-order chi connectivity index (χ1) is 8.36. The van der Waals surface area contributed by atoms with E-state index in [0.717, 1.165) is 6.07 Å². The van der Waals surface area contributed by atoms with Crippen LogP contribution >= 0.6 is 0 Å². The SMILES string of the molecule is CC1CN(c2cc(C(F)(F)F)nc(N)n2)CCO1. The van der Waals surface area contributed by atoms with E-state index in [1.807, 2.05) is 6.92 Å². The highest BCUT2D eigenvalue weighted by atomic mass is 19.4. The monoisotopic (exact) mass is 262 g/mol. The normalized spacial score (nSPS) is 21.1. The lowest BCUT2D eigenvalue weighted by atomic mass is 10.3. The molecule has 0 radical (unpaired) electrons. The van der Waals surface area contributed by atoms with Crippen LogP contribution in [0.1, 0.15) is 12.6 Å². The number of alkyl halides is 3. The summed E-state index contributed by atoms with van der Waals surface area (Å²) < 4.78 is 43.1. The minimum Gasteiger partial charge on any atom is -0.375 e. The van der Waals surface area contributed by atoms with E-state index >= 15 is 0 Å². The summed E-state index contributed by atoms with van der Waals surface area (Å²) in [6, 6.07) is 0.911. The van der Waals surface area contributed by atoms with Gasteiger partial charge in [-0.25, -0.2) is 4.98 Å².